The van der Waals surface area contributed by atoms with Gasteiger partial charge in [-0.3, -0.25) is 4.79 Å². The number of fused-ring (bicyclic) bond motifs is 1. The lowest BCUT2D eigenvalue weighted by Gasteiger charge is -2.15. The standard InChI is InChI=1S/C27H26N4O3/c1-18(2)17-34-24-16-23(26(32)28-19-10-5-3-6-11-19)30-25-21(24)14-9-15-22(25)31-27(33)29-20-12-7-4-8-13-20/h3-16,18H,17H2,1-2H3,(H,28,32)(H2,29,31,33). The van der Waals surface area contributed by atoms with Crippen LogP contribution in [0.15, 0.2) is 84.9 Å². The number of aromatic nitrogens is 1. The van der Waals surface area contributed by atoms with Gasteiger partial charge < -0.3 is 20.7 Å². The summed E-state index contributed by atoms with van der Waals surface area (Å²) >= 11 is 0. The molecule has 0 radical (unpaired) electrons. The molecular weight excluding hydrogens is 428 g/mol. The zero-order valence-electron chi connectivity index (χ0n) is 19.0. The highest BCUT2D eigenvalue weighted by Crippen LogP contribution is 2.31. The molecule has 7 heteroatoms. The predicted octanol–water partition coefficient (Wildman–Crippen LogP) is 6.17. The normalized spacial score (nSPS) is 10.7. The first-order valence-corrected chi connectivity index (χ1v) is 11.1. The Bertz CT molecular complexity index is 1290. The minimum atomic E-state index is -0.413. The number of ether oxygens (including phenoxy) is 1. The van der Waals surface area contributed by atoms with Crippen LogP contribution in [0.25, 0.3) is 10.9 Å². The molecule has 4 aromatic rings. The van der Waals surface area contributed by atoms with E-state index in [-0.39, 0.29) is 11.6 Å². The lowest BCUT2D eigenvalue weighted by atomic mass is 10.1. The van der Waals surface area contributed by atoms with Gasteiger partial charge in [-0.1, -0.05) is 56.3 Å². The number of nitrogens with one attached hydrogen (secondary N) is 3. The van der Waals surface area contributed by atoms with Gasteiger partial charge in [0, 0.05) is 22.8 Å². The number of para-hydroxylation sites is 3. The Labute approximate surface area is 198 Å². The lowest BCUT2D eigenvalue weighted by Crippen LogP contribution is -2.20. The van der Waals surface area contributed by atoms with Crippen molar-refractivity contribution in [3.05, 3.63) is 90.6 Å². The third-order valence-electron chi connectivity index (χ3n) is 4.92. The molecule has 0 saturated carbocycles. The topological polar surface area (TPSA) is 92.3 Å². The van der Waals surface area contributed by atoms with Gasteiger partial charge in [0.25, 0.3) is 5.91 Å². The number of pyridine rings is 1. The SMILES string of the molecule is CC(C)COc1cc(C(=O)Nc2ccccc2)nc2c(NC(=O)Nc3ccccc3)cccc12. The maximum absolute atomic E-state index is 13.0. The second kappa shape index (κ2) is 10.5. The van der Waals surface area contributed by atoms with E-state index in [2.05, 4.69) is 20.9 Å². The van der Waals surface area contributed by atoms with Crippen LogP contribution < -0.4 is 20.7 Å². The molecule has 1 heterocycles. The van der Waals surface area contributed by atoms with Crippen molar-refractivity contribution in [3.8, 4) is 5.75 Å². The molecular formula is C27H26N4O3. The van der Waals surface area contributed by atoms with Gasteiger partial charge in [-0.05, 0) is 42.3 Å². The van der Waals surface area contributed by atoms with E-state index in [0.717, 1.165) is 0 Å². The highest BCUT2D eigenvalue weighted by atomic mass is 16.5. The van der Waals surface area contributed by atoms with Gasteiger partial charge in [0.1, 0.15) is 11.4 Å². The zero-order chi connectivity index (χ0) is 23.9. The maximum Gasteiger partial charge on any atom is 0.323 e. The number of benzene rings is 3. The fourth-order valence-corrected chi connectivity index (χ4v) is 3.33. The summed E-state index contributed by atoms with van der Waals surface area (Å²) in [5.74, 6) is 0.456. The van der Waals surface area contributed by atoms with E-state index in [1.807, 2.05) is 62.4 Å². The Balaban J connectivity index is 1.68. The highest BCUT2D eigenvalue weighted by Gasteiger charge is 2.17. The predicted molar refractivity (Wildman–Crippen MR) is 136 cm³/mol. The molecule has 0 atom stereocenters. The van der Waals surface area contributed by atoms with Crippen LogP contribution >= 0.6 is 0 Å². The molecule has 1 aromatic heterocycles. The van der Waals surface area contributed by atoms with Gasteiger partial charge in [-0.2, -0.15) is 0 Å². The molecule has 3 amide bonds. The highest BCUT2D eigenvalue weighted by molar-refractivity contribution is 6.09. The monoisotopic (exact) mass is 454 g/mol. The van der Waals surface area contributed by atoms with Crippen molar-refractivity contribution < 1.29 is 14.3 Å². The summed E-state index contributed by atoms with van der Waals surface area (Å²) < 4.78 is 6.03. The quantitative estimate of drug-likeness (QED) is 0.312. The van der Waals surface area contributed by atoms with E-state index < -0.39 is 6.03 Å². The van der Waals surface area contributed by atoms with E-state index in [0.29, 0.717) is 46.2 Å². The van der Waals surface area contributed by atoms with Crippen molar-refractivity contribution in [2.24, 2.45) is 5.92 Å². The fraction of sp³-hybridized carbons (Fsp3) is 0.148. The third-order valence-corrected chi connectivity index (χ3v) is 4.92. The number of anilines is 3. The van der Waals surface area contributed by atoms with Crippen LogP contribution in [0.5, 0.6) is 5.75 Å². The van der Waals surface area contributed by atoms with Crippen LogP contribution in [0, 0.1) is 5.92 Å². The average molecular weight is 455 g/mol. The van der Waals surface area contributed by atoms with Crippen molar-refractivity contribution in [1.29, 1.82) is 0 Å². The number of carbonyl (C=O) groups is 2. The minimum absolute atomic E-state index is 0.188. The summed E-state index contributed by atoms with van der Waals surface area (Å²) in [4.78, 5) is 30.2. The second-order valence-corrected chi connectivity index (χ2v) is 8.18. The number of hydrogen-bond donors (Lipinski definition) is 3. The van der Waals surface area contributed by atoms with E-state index in [4.69, 9.17) is 4.74 Å². The van der Waals surface area contributed by atoms with E-state index in [9.17, 15) is 9.59 Å². The van der Waals surface area contributed by atoms with Crippen molar-refractivity contribution in [2.45, 2.75) is 13.8 Å². The van der Waals surface area contributed by atoms with Crippen molar-refractivity contribution in [3.63, 3.8) is 0 Å². The summed E-state index contributed by atoms with van der Waals surface area (Å²) in [6.07, 6.45) is 0. The summed E-state index contributed by atoms with van der Waals surface area (Å²) in [5.41, 5.74) is 2.44. The first-order chi connectivity index (χ1) is 16.5. The largest absolute Gasteiger partial charge is 0.493 e. The van der Waals surface area contributed by atoms with Gasteiger partial charge in [0.15, 0.2) is 0 Å². The van der Waals surface area contributed by atoms with E-state index >= 15 is 0 Å². The van der Waals surface area contributed by atoms with Crippen LogP contribution in [0.4, 0.5) is 21.9 Å². The second-order valence-electron chi connectivity index (χ2n) is 8.18. The first-order valence-electron chi connectivity index (χ1n) is 11.1. The fourth-order valence-electron chi connectivity index (χ4n) is 3.33. The van der Waals surface area contributed by atoms with Crippen LogP contribution in [0.2, 0.25) is 0 Å². The van der Waals surface area contributed by atoms with E-state index in [1.165, 1.54) is 0 Å². The zero-order valence-corrected chi connectivity index (χ0v) is 19.0. The average Bonchev–Trinajstić information content (AvgIpc) is 2.84. The molecule has 0 fully saturated rings. The van der Waals surface area contributed by atoms with Crippen molar-refractivity contribution >= 4 is 39.9 Å². The van der Waals surface area contributed by atoms with Gasteiger partial charge in [-0.15, -0.1) is 0 Å². The molecule has 3 aromatic carbocycles. The van der Waals surface area contributed by atoms with Gasteiger partial charge >= 0.3 is 6.03 Å². The molecule has 172 valence electrons. The molecule has 7 nitrogen and oxygen atoms in total. The number of hydrogen-bond acceptors (Lipinski definition) is 4. The van der Waals surface area contributed by atoms with Crippen LogP contribution in [-0.2, 0) is 0 Å². The maximum atomic E-state index is 13.0. The Morgan fingerprint density at radius 1 is 0.824 bits per heavy atom. The minimum Gasteiger partial charge on any atom is -0.493 e. The Morgan fingerprint density at radius 3 is 2.12 bits per heavy atom. The summed E-state index contributed by atoms with van der Waals surface area (Å²) in [6.45, 7) is 4.58. The van der Waals surface area contributed by atoms with Crippen LogP contribution in [-0.4, -0.2) is 23.5 Å². The lowest BCUT2D eigenvalue weighted by molar-refractivity contribution is 0.102. The summed E-state index contributed by atoms with van der Waals surface area (Å²) in [7, 11) is 0. The van der Waals surface area contributed by atoms with Gasteiger partial charge in [0.05, 0.1) is 17.8 Å². The number of carbonyl (C=O) groups excluding carboxylic acids is 2. The summed E-state index contributed by atoms with van der Waals surface area (Å²) in [6, 6.07) is 24.9. The van der Waals surface area contributed by atoms with Crippen molar-refractivity contribution in [2.75, 3.05) is 22.6 Å². The smallest absolute Gasteiger partial charge is 0.323 e. The van der Waals surface area contributed by atoms with Crippen LogP contribution in [0.3, 0.4) is 0 Å². The summed E-state index contributed by atoms with van der Waals surface area (Å²) in [5, 5.41) is 9.19. The molecule has 0 spiro atoms. The number of amides is 3. The molecule has 0 aliphatic carbocycles. The first kappa shape index (κ1) is 22.8. The number of urea groups is 1. The molecule has 4 rings (SSSR count). The van der Waals surface area contributed by atoms with Gasteiger partial charge in [-0.25, -0.2) is 9.78 Å². The Kier molecular flexibility index (Phi) is 7.03. The molecule has 3 N–H and O–H groups in total. The Hall–Kier alpha value is -4.39. The van der Waals surface area contributed by atoms with Crippen molar-refractivity contribution in [1.82, 2.24) is 4.98 Å². The third kappa shape index (κ3) is 5.69. The molecule has 0 saturated heterocycles. The number of nitrogens with zero attached hydrogens (tertiary/aromatic N) is 1. The van der Waals surface area contributed by atoms with E-state index in [1.54, 1.807) is 36.4 Å². The van der Waals surface area contributed by atoms with Crippen LogP contribution in [0.1, 0.15) is 24.3 Å². The molecule has 0 unspecified atom stereocenters. The van der Waals surface area contributed by atoms with Gasteiger partial charge in [0.2, 0.25) is 0 Å². The molecule has 0 aliphatic rings. The molecule has 0 bridgehead atoms. The Morgan fingerprint density at radius 2 is 1.47 bits per heavy atom. The molecule has 34 heavy (non-hydrogen) atoms. The number of rotatable bonds is 7. The molecule has 0 aliphatic heterocycles.